The van der Waals surface area contributed by atoms with E-state index in [9.17, 15) is 18.3 Å². The SMILES string of the molecule is O=C(CCN=C1NS(=O)(=O)c2ccccc21)Nc1cccc(O)c1. The number of amidine groups is 1. The van der Waals surface area contributed by atoms with E-state index in [1.54, 1.807) is 30.3 Å². The largest absolute Gasteiger partial charge is 0.508 e. The molecule has 8 heteroatoms. The lowest BCUT2D eigenvalue weighted by Crippen LogP contribution is -2.23. The van der Waals surface area contributed by atoms with E-state index in [4.69, 9.17) is 0 Å². The lowest BCUT2D eigenvalue weighted by atomic mass is 10.2. The van der Waals surface area contributed by atoms with Crippen molar-refractivity contribution in [1.82, 2.24) is 4.72 Å². The highest BCUT2D eigenvalue weighted by Crippen LogP contribution is 2.22. The average Bonchev–Trinajstić information content (AvgIpc) is 2.79. The van der Waals surface area contributed by atoms with E-state index in [-0.39, 0.29) is 35.4 Å². The number of rotatable bonds is 4. The monoisotopic (exact) mass is 345 g/mol. The van der Waals surface area contributed by atoms with Gasteiger partial charge in [0.2, 0.25) is 5.91 Å². The molecule has 1 aliphatic rings. The lowest BCUT2D eigenvalue weighted by molar-refractivity contribution is -0.116. The second-order valence-corrected chi connectivity index (χ2v) is 6.83. The first kappa shape index (κ1) is 16.0. The zero-order chi connectivity index (χ0) is 17.2. The number of phenols is 1. The minimum Gasteiger partial charge on any atom is -0.508 e. The van der Waals surface area contributed by atoms with E-state index < -0.39 is 10.0 Å². The predicted octanol–water partition coefficient (Wildman–Crippen LogP) is 1.46. The molecule has 0 fully saturated rings. The molecule has 24 heavy (non-hydrogen) atoms. The van der Waals surface area contributed by atoms with Gasteiger partial charge in [-0.25, -0.2) is 8.42 Å². The predicted molar refractivity (Wildman–Crippen MR) is 89.5 cm³/mol. The minimum absolute atomic E-state index is 0.0602. The minimum atomic E-state index is -3.57. The Hall–Kier alpha value is -2.87. The number of fused-ring (bicyclic) bond motifs is 1. The van der Waals surface area contributed by atoms with E-state index in [2.05, 4.69) is 15.0 Å². The van der Waals surface area contributed by atoms with E-state index in [1.165, 1.54) is 18.2 Å². The maximum Gasteiger partial charge on any atom is 0.263 e. The molecular weight excluding hydrogens is 330 g/mol. The van der Waals surface area contributed by atoms with Gasteiger partial charge in [0.15, 0.2) is 0 Å². The number of hydrogen-bond donors (Lipinski definition) is 3. The summed E-state index contributed by atoms with van der Waals surface area (Å²) in [5, 5.41) is 12.0. The standard InChI is InChI=1S/C16H15N3O4S/c20-12-5-3-4-11(10-12)18-15(21)8-9-17-16-13-6-1-2-7-14(13)24(22,23)19-16/h1-7,10,20H,8-9H2,(H,17,19)(H,18,21). The van der Waals surface area contributed by atoms with Gasteiger partial charge < -0.3 is 10.4 Å². The van der Waals surface area contributed by atoms with Crippen LogP contribution in [-0.2, 0) is 14.8 Å². The Kier molecular flexibility index (Phi) is 4.22. The Labute approximate surface area is 139 Å². The number of phenolic OH excluding ortho intramolecular Hbond substituents is 1. The van der Waals surface area contributed by atoms with Gasteiger partial charge in [-0.1, -0.05) is 18.2 Å². The van der Waals surface area contributed by atoms with Gasteiger partial charge in [-0.05, 0) is 24.3 Å². The third kappa shape index (κ3) is 3.38. The van der Waals surface area contributed by atoms with Crippen molar-refractivity contribution in [3.8, 4) is 5.75 Å². The smallest absolute Gasteiger partial charge is 0.263 e. The molecule has 1 heterocycles. The fourth-order valence-electron chi connectivity index (χ4n) is 2.33. The molecule has 1 amide bonds. The normalized spacial score (nSPS) is 16.4. The summed E-state index contributed by atoms with van der Waals surface area (Å²) in [5.41, 5.74) is 0.991. The van der Waals surface area contributed by atoms with Gasteiger partial charge in [0.1, 0.15) is 11.6 Å². The number of carbonyl (C=O) groups is 1. The van der Waals surface area contributed by atoms with Crippen LogP contribution in [0.2, 0.25) is 0 Å². The van der Waals surface area contributed by atoms with Crippen molar-refractivity contribution in [1.29, 1.82) is 0 Å². The second kappa shape index (κ2) is 6.32. The third-order valence-electron chi connectivity index (χ3n) is 3.40. The Morgan fingerprint density at radius 1 is 1.17 bits per heavy atom. The van der Waals surface area contributed by atoms with Crippen LogP contribution in [0.4, 0.5) is 5.69 Å². The van der Waals surface area contributed by atoms with Crippen LogP contribution < -0.4 is 10.0 Å². The first-order valence-electron chi connectivity index (χ1n) is 7.21. The number of aliphatic imine (C=N–C) groups is 1. The summed E-state index contributed by atoms with van der Waals surface area (Å²) in [6.07, 6.45) is 0.0864. The van der Waals surface area contributed by atoms with Gasteiger partial charge in [-0.2, -0.15) is 0 Å². The van der Waals surface area contributed by atoms with Gasteiger partial charge in [0.05, 0.1) is 11.4 Å². The summed E-state index contributed by atoms with van der Waals surface area (Å²) >= 11 is 0. The highest BCUT2D eigenvalue weighted by atomic mass is 32.2. The fourth-order valence-corrected chi connectivity index (χ4v) is 3.58. The molecule has 2 aromatic rings. The first-order valence-corrected chi connectivity index (χ1v) is 8.69. The van der Waals surface area contributed by atoms with Crippen molar-refractivity contribution in [2.75, 3.05) is 11.9 Å². The van der Waals surface area contributed by atoms with Crippen molar-refractivity contribution >= 4 is 27.5 Å². The van der Waals surface area contributed by atoms with Crippen molar-refractivity contribution in [2.45, 2.75) is 11.3 Å². The Bertz CT molecular complexity index is 922. The quantitative estimate of drug-likeness (QED) is 0.779. The van der Waals surface area contributed by atoms with Crippen LogP contribution in [0.15, 0.2) is 58.4 Å². The molecule has 0 aliphatic carbocycles. The molecule has 0 atom stereocenters. The van der Waals surface area contributed by atoms with Crippen LogP contribution in [0.3, 0.4) is 0 Å². The molecule has 0 spiro atoms. The van der Waals surface area contributed by atoms with Crippen LogP contribution in [0.25, 0.3) is 0 Å². The molecule has 0 radical (unpaired) electrons. The molecule has 1 aliphatic heterocycles. The summed E-state index contributed by atoms with van der Waals surface area (Å²) in [6, 6.07) is 12.8. The summed E-state index contributed by atoms with van der Waals surface area (Å²) in [5.74, 6) is 0.0276. The van der Waals surface area contributed by atoms with Crippen LogP contribution in [0.1, 0.15) is 12.0 Å². The molecule has 0 saturated heterocycles. The van der Waals surface area contributed by atoms with Crippen molar-refractivity contribution in [2.24, 2.45) is 4.99 Å². The highest BCUT2D eigenvalue weighted by molar-refractivity contribution is 7.90. The molecule has 7 nitrogen and oxygen atoms in total. The van der Waals surface area contributed by atoms with Crippen molar-refractivity contribution < 1.29 is 18.3 Å². The number of nitrogens with one attached hydrogen (secondary N) is 2. The van der Waals surface area contributed by atoms with Gasteiger partial charge in [-0.15, -0.1) is 0 Å². The summed E-state index contributed by atoms with van der Waals surface area (Å²) in [6.45, 7) is 0.136. The van der Waals surface area contributed by atoms with E-state index >= 15 is 0 Å². The maximum atomic E-state index is 11.9. The highest BCUT2D eigenvalue weighted by Gasteiger charge is 2.29. The number of aromatic hydroxyl groups is 1. The van der Waals surface area contributed by atoms with Crippen molar-refractivity contribution in [3.63, 3.8) is 0 Å². The summed E-state index contributed by atoms with van der Waals surface area (Å²) < 4.78 is 26.3. The zero-order valence-corrected chi connectivity index (χ0v) is 13.4. The van der Waals surface area contributed by atoms with Gasteiger partial charge in [0, 0.05) is 23.7 Å². The van der Waals surface area contributed by atoms with Crippen LogP contribution in [0, 0.1) is 0 Å². The van der Waals surface area contributed by atoms with Gasteiger partial charge >= 0.3 is 0 Å². The van der Waals surface area contributed by atoms with Crippen LogP contribution in [0.5, 0.6) is 5.75 Å². The number of amides is 1. The van der Waals surface area contributed by atoms with Gasteiger partial charge in [0.25, 0.3) is 10.0 Å². The molecule has 3 N–H and O–H groups in total. The Morgan fingerprint density at radius 2 is 1.96 bits per heavy atom. The number of carbonyl (C=O) groups excluding carboxylic acids is 1. The topological polar surface area (TPSA) is 108 Å². The molecule has 2 aromatic carbocycles. The average molecular weight is 345 g/mol. The van der Waals surface area contributed by atoms with Gasteiger partial charge in [-0.3, -0.25) is 14.5 Å². The number of sulfonamides is 1. The van der Waals surface area contributed by atoms with Crippen LogP contribution >= 0.6 is 0 Å². The number of nitrogens with zero attached hydrogens (tertiary/aromatic N) is 1. The molecule has 0 unspecified atom stereocenters. The number of hydrogen-bond acceptors (Lipinski definition) is 5. The third-order valence-corrected chi connectivity index (χ3v) is 4.80. The van der Waals surface area contributed by atoms with E-state index in [0.29, 0.717) is 11.3 Å². The molecule has 124 valence electrons. The summed E-state index contributed by atoms with van der Waals surface area (Å²) in [7, 11) is -3.57. The summed E-state index contributed by atoms with van der Waals surface area (Å²) in [4.78, 5) is 16.2. The number of benzene rings is 2. The molecule has 0 saturated carbocycles. The molecule has 3 rings (SSSR count). The molecule has 0 aromatic heterocycles. The Morgan fingerprint density at radius 3 is 2.75 bits per heavy atom. The second-order valence-electron chi connectivity index (χ2n) is 5.18. The molecule has 0 bridgehead atoms. The molecular formula is C16H15N3O4S. The number of anilines is 1. The first-order chi connectivity index (χ1) is 11.5. The lowest BCUT2D eigenvalue weighted by Gasteiger charge is -2.04. The maximum absolute atomic E-state index is 11.9. The van der Waals surface area contributed by atoms with Crippen molar-refractivity contribution in [3.05, 3.63) is 54.1 Å². The van der Waals surface area contributed by atoms with E-state index in [1.807, 2.05) is 0 Å². The zero-order valence-electron chi connectivity index (χ0n) is 12.6. The van der Waals surface area contributed by atoms with Crippen LogP contribution in [-0.4, -0.2) is 31.8 Å². The fraction of sp³-hybridized carbons (Fsp3) is 0.125. The van der Waals surface area contributed by atoms with E-state index in [0.717, 1.165) is 0 Å². The Balaban J connectivity index is 1.64.